The van der Waals surface area contributed by atoms with Crippen molar-refractivity contribution < 1.29 is 48.0 Å². The summed E-state index contributed by atoms with van der Waals surface area (Å²) in [4.78, 5) is 51.0. The molecule has 2 aromatic carbocycles. The molecule has 10 nitrogen and oxygen atoms in total. The van der Waals surface area contributed by atoms with Gasteiger partial charge in [-0.05, 0) is 53.0 Å². The number of aliphatic hydroxyl groups is 1. The lowest BCUT2D eigenvalue weighted by Gasteiger charge is -2.37. The lowest BCUT2D eigenvalue weighted by molar-refractivity contribution is -0.138. The van der Waals surface area contributed by atoms with Gasteiger partial charge >= 0.3 is 23.9 Å². The van der Waals surface area contributed by atoms with Crippen molar-refractivity contribution >= 4 is 23.9 Å². The standard InChI is InChI=1S/C36H46O10/c1-19(2)11-29(37)43-26-10-9-24-33-25-16-28(45-31(39)13-21(5)6)27(44-30(38)12-20(3)4)15-23(25)17-36(33,41)18-42-34(24)35(26)46-32(40)14-22(7)8/h9-10,15-16,19-22,33,41H,11-14,17-18H2,1-8H3/t33-,36+/m0/s1. The van der Waals surface area contributed by atoms with Gasteiger partial charge in [-0.1, -0.05) is 61.5 Å². The summed E-state index contributed by atoms with van der Waals surface area (Å²) in [7, 11) is 0. The molecule has 1 aliphatic heterocycles. The Bertz CT molecular complexity index is 1490. The van der Waals surface area contributed by atoms with Crippen LogP contribution >= 0.6 is 0 Å². The second-order valence-electron chi connectivity index (χ2n) is 14.1. The van der Waals surface area contributed by atoms with Crippen molar-refractivity contribution in [2.75, 3.05) is 6.61 Å². The highest BCUT2D eigenvalue weighted by Gasteiger charge is 2.51. The predicted octanol–water partition coefficient (Wildman–Crippen LogP) is 6.30. The molecular formula is C36H46O10. The smallest absolute Gasteiger partial charge is 0.311 e. The third-order valence-electron chi connectivity index (χ3n) is 7.62. The Morgan fingerprint density at radius 3 is 1.65 bits per heavy atom. The van der Waals surface area contributed by atoms with Gasteiger partial charge in [0.15, 0.2) is 23.0 Å². The minimum absolute atomic E-state index is 0.0207. The lowest BCUT2D eigenvalue weighted by atomic mass is 9.80. The van der Waals surface area contributed by atoms with Crippen LogP contribution in [0.3, 0.4) is 0 Å². The molecule has 250 valence electrons. The van der Waals surface area contributed by atoms with Gasteiger partial charge in [-0.3, -0.25) is 19.2 Å². The Kier molecular flexibility index (Phi) is 10.8. The monoisotopic (exact) mass is 638 g/mol. The van der Waals surface area contributed by atoms with E-state index in [0.29, 0.717) is 16.7 Å². The van der Waals surface area contributed by atoms with Crippen molar-refractivity contribution in [1.82, 2.24) is 0 Å². The Balaban J connectivity index is 1.81. The van der Waals surface area contributed by atoms with Gasteiger partial charge in [-0.25, -0.2) is 0 Å². The van der Waals surface area contributed by atoms with Gasteiger partial charge in [0, 0.05) is 43.6 Å². The molecule has 2 atom stereocenters. The van der Waals surface area contributed by atoms with Crippen LogP contribution in [-0.2, 0) is 25.6 Å². The van der Waals surface area contributed by atoms with Crippen LogP contribution in [0.15, 0.2) is 24.3 Å². The third kappa shape index (κ3) is 8.26. The van der Waals surface area contributed by atoms with Crippen molar-refractivity contribution in [2.24, 2.45) is 23.7 Å². The molecule has 10 heteroatoms. The molecule has 0 unspecified atom stereocenters. The van der Waals surface area contributed by atoms with Crippen LogP contribution in [0.2, 0.25) is 0 Å². The zero-order valence-electron chi connectivity index (χ0n) is 28.1. The predicted molar refractivity (Wildman–Crippen MR) is 169 cm³/mol. The minimum Gasteiger partial charge on any atom is -0.486 e. The number of fused-ring (bicyclic) bond motifs is 5. The van der Waals surface area contributed by atoms with E-state index in [1.807, 2.05) is 55.4 Å². The molecule has 1 aliphatic carbocycles. The first-order valence-electron chi connectivity index (χ1n) is 16.1. The number of rotatable bonds is 12. The van der Waals surface area contributed by atoms with Gasteiger partial charge in [-0.2, -0.15) is 0 Å². The number of ether oxygens (including phenoxy) is 5. The van der Waals surface area contributed by atoms with Crippen LogP contribution in [0, 0.1) is 23.7 Å². The van der Waals surface area contributed by atoms with E-state index in [-0.39, 0.29) is 91.1 Å². The van der Waals surface area contributed by atoms with Crippen LogP contribution < -0.4 is 23.7 Å². The normalized spacial score (nSPS) is 18.2. The summed E-state index contributed by atoms with van der Waals surface area (Å²) >= 11 is 0. The summed E-state index contributed by atoms with van der Waals surface area (Å²) in [5.74, 6) is -2.10. The molecule has 1 N–H and O–H groups in total. The highest BCUT2D eigenvalue weighted by Crippen LogP contribution is 2.56. The van der Waals surface area contributed by atoms with E-state index in [4.69, 9.17) is 23.7 Å². The molecule has 0 fully saturated rings. The highest BCUT2D eigenvalue weighted by molar-refractivity contribution is 5.80. The van der Waals surface area contributed by atoms with Crippen LogP contribution in [0.1, 0.15) is 104 Å². The van der Waals surface area contributed by atoms with Gasteiger partial charge in [0.25, 0.3) is 0 Å². The first kappa shape index (κ1) is 34.9. The number of carbonyl (C=O) groups is 4. The van der Waals surface area contributed by atoms with Crippen molar-refractivity contribution in [1.29, 1.82) is 0 Å². The molecule has 4 rings (SSSR count). The first-order valence-corrected chi connectivity index (χ1v) is 16.1. The molecule has 0 amide bonds. The van der Waals surface area contributed by atoms with Gasteiger partial charge in [0.2, 0.25) is 5.75 Å². The topological polar surface area (TPSA) is 135 Å². The van der Waals surface area contributed by atoms with E-state index in [0.717, 1.165) is 0 Å². The first-order chi connectivity index (χ1) is 21.6. The molecule has 0 bridgehead atoms. The zero-order valence-corrected chi connectivity index (χ0v) is 28.1. The van der Waals surface area contributed by atoms with Crippen molar-refractivity contribution in [3.8, 4) is 28.7 Å². The van der Waals surface area contributed by atoms with Crippen LogP contribution in [0.5, 0.6) is 28.7 Å². The fourth-order valence-electron chi connectivity index (χ4n) is 5.80. The molecule has 1 heterocycles. The number of esters is 4. The minimum atomic E-state index is -1.41. The maximum absolute atomic E-state index is 12.9. The van der Waals surface area contributed by atoms with E-state index >= 15 is 0 Å². The number of carbonyl (C=O) groups excluding carboxylic acids is 4. The second kappa shape index (κ2) is 14.2. The summed E-state index contributed by atoms with van der Waals surface area (Å²) in [6, 6.07) is 6.48. The van der Waals surface area contributed by atoms with E-state index in [9.17, 15) is 24.3 Å². The summed E-state index contributed by atoms with van der Waals surface area (Å²) in [5.41, 5.74) is 0.426. The van der Waals surface area contributed by atoms with Crippen LogP contribution in [-0.4, -0.2) is 41.2 Å². The Hall–Kier alpha value is -3.92. The summed E-state index contributed by atoms with van der Waals surface area (Å²) in [6.45, 7) is 15.0. The molecular weight excluding hydrogens is 592 g/mol. The van der Waals surface area contributed by atoms with Crippen LogP contribution in [0.4, 0.5) is 0 Å². The number of hydrogen-bond donors (Lipinski definition) is 1. The molecule has 0 aromatic heterocycles. The van der Waals surface area contributed by atoms with E-state index in [1.165, 1.54) is 6.07 Å². The average molecular weight is 639 g/mol. The number of hydrogen-bond acceptors (Lipinski definition) is 10. The summed E-state index contributed by atoms with van der Waals surface area (Å²) in [5, 5.41) is 11.9. The largest absolute Gasteiger partial charge is 0.486 e. The molecule has 46 heavy (non-hydrogen) atoms. The maximum atomic E-state index is 12.9. The molecule has 0 spiro atoms. The van der Waals surface area contributed by atoms with E-state index < -0.39 is 35.4 Å². The fraction of sp³-hybridized carbons (Fsp3) is 0.556. The zero-order chi connectivity index (χ0) is 33.9. The van der Waals surface area contributed by atoms with Gasteiger partial charge < -0.3 is 28.8 Å². The molecule has 0 saturated heterocycles. The van der Waals surface area contributed by atoms with Crippen molar-refractivity contribution in [3.63, 3.8) is 0 Å². The van der Waals surface area contributed by atoms with E-state index in [1.54, 1.807) is 18.2 Å². The SMILES string of the molecule is CC(C)CC(=O)Oc1cc2c(cc1OC(=O)CC(C)C)[C@@H]1c3ccc(OC(=O)CC(C)C)c(OC(=O)CC(C)C)c3OC[C@]1(O)C2. The summed E-state index contributed by atoms with van der Waals surface area (Å²) < 4.78 is 29.0. The van der Waals surface area contributed by atoms with Gasteiger partial charge in [0.1, 0.15) is 12.2 Å². The fourth-order valence-corrected chi connectivity index (χ4v) is 5.80. The average Bonchev–Trinajstić information content (AvgIpc) is 3.19. The Labute approximate surface area is 270 Å². The Morgan fingerprint density at radius 1 is 0.696 bits per heavy atom. The van der Waals surface area contributed by atoms with E-state index in [2.05, 4.69) is 0 Å². The molecule has 2 aliphatic rings. The van der Waals surface area contributed by atoms with Gasteiger partial charge in [-0.15, -0.1) is 0 Å². The van der Waals surface area contributed by atoms with Crippen LogP contribution in [0.25, 0.3) is 0 Å². The summed E-state index contributed by atoms with van der Waals surface area (Å²) in [6.07, 6.45) is 0.781. The second-order valence-corrected chi connectivity index (χ2v) is 14.1. The maximum Gasteiger partial charge on any atom is 0.311 e. The number of benzene rings is 2. The third-order valence-corrected chi connectivity index (χ3v) is 7.62. The quantitative estimate of drug-likeness (QED) is 0.208. The molecule has 2 aromatic rings. The molecule has 0 saturated carbocycles. The van der Waals surface area contributed by atoms with Crippen molar-refractivity contribution in [3.05, 3.63) is 41.0 Å². The van der Waals surface area contributed by atoms with Crippen molar-refractivity contribution in [2.45, 2.75) is 99.0 Å². The Morgan fingerprint density at radius 2 is 1.15 bits per heavy atom. The van der Waals surface area contributed by atoms with Gasteiger partial charge in [0.05, 0.1) is 0 Å². The lowest BCUT2D eigenvalue weighted by Crippen LogP contribution is -2.44. The highest BCUT2D eigenvalue weighted by atomic mass is 16.6. The molecule has 0 radical (unpaired) electrons.